The Labute approximate surface area is 134 Å². The van der Waals surface area contributed by atoms with E-state index in [9.17, 15) is 23.1 Å². The molecule has 2 N–H and O–H groups in total. The summed E-state index contributed by atoms with van der Waals surface area (Å²) < 4.78 is 37.1. The number of furan rings is 1. The predicted molar refractivity (Wildman–Crippen MR) is 80.7 cm³/mol. The second-order valence-electron chi connectivity index (χ2n) is 5.45. The average molecular weight is 347 g/mol. The van der Waals surface area contributed by atoms with Gasteiger partial charge in [-0.05, 0) is 27.2 Å². The van der Waals surface area contributed by atoms with Crippen LogP contribution in [0.4, 0.5) is 0 Å². The number of methoxy groups -OCH3 is 1. The molecule has 0 saturated carbocycles. The number of carbonyl (C=O) groups is 2. The highest BCUT2D eigenvalue weighted by atomic mass is 32.2. The van der Waals surface area contributed by atoms with E-state index in [0.29, 0.717) is 0 Å². The Hall–Kier alpha value is -1.87. The summed E-state index contributed by atoms with van der Waals surface area (Å²) in [6.45, 7) is 5.63. The third-order valence-corrected chi connectivity index (χ3v) is 5.37. The van der Waals surface area contributed by atoms with Crippen molar-refractivity contribution in [1.82, 2.24) is 4.72 Å². The second kappa shape index (κ2) is 6.71. The molecule has 1 rings (SSSR count). The Bertz CT molecular complexity index is 720. The summed E-state index contributed by atoms with van der Waals surface area (Å²) in [6, 6.07) is 0. The molecule has 8 nitrogen and oxygen atoms in total. The van der Waals surface area contributed by atoms with Gasteiger partial charge >= 0.3 is 11.9 Å². The maximum atomic E-state index is 12.5. The van der Waals surface area contributed by atoms with Crippen LogP contribution in [0.1, 0.15) is 42.1 Å². The van der Waals surface area contributed by atoms with Crippen LogP contribution in [-0.4, -0.2) is 39.1 Å². The molecule has 0 amide bonds. The molecule has 130 valence electrons. The van der Waals surface area contributed by atoms with E-state index in [1.54, 1.807) is 6.92 Å². The maximum absolute atomic E-state index is 12.5. The molecule has 0 aromatic carbocycles. The van der Waals surface area contributed by atoms with Gasteiger partial charge in [0.25, 0.3) is 0 Å². The first-order valence-electron chi connectivity index (χ1n) is 6.91. The number of hydrogen-bond donors (Lipinski definition) is 2. The first-order valence-corrected chi connectivity index (χ1v) is 8.39. The van der Waals surface area contributed by atoms with Crippen molar-refractivity contribution in [3.63, 3.8) is 0 Å². The van der Waals surface area contributed by atoms with Crippen LogP contribution in [0.3, 0.4) is 0 Å². The molecule has 0 bridgehead atoms. The van der Waals surface area contributed by atoms with Crippen LogP contribution in [0, 0.1) is 19.3 Å². The third-order valence-electron chi connectivity index (χ3n) is 3.81. The Morgan fingerprint density at radius 2 is 1.87 bits per heavy atom. The van der Waals surface area contributed by atoms with Gasteiger partial charge < -0.3 is 14.3 Å². The van der Waals surface area contributed by atoms with Crippen molar-refractivity contribution >= 4 is 22.0 Å². The number of rotatable bonds is 7. The molecule has 1 aromatic heterocycles. The Kier molecular flexibility index (Phi) is 5.60. The topological polar surface area (TPSA) is 123 Å². The summed E-state index contributed by atoms with van der Waals surface area (Å²) in [5.74, 6) is -1.80. The van der Waals surface area contributed by atoms with Gasteiger partial charge in [-0.2, -0.15) is 0 Å². The number of nitrogens with one attached hydrogen (secondary N) is 1. The summed E-state index contributed by atoms with van der Waals surface area (Å²) in [4.78, 5) is 22.8. The molecular weight excluding hydrogens is 326 g/mol. The minimum Gasteiger partial charge on any atom is -0.481 e. The lowest BCUT2D eigenvalue weighted by Gasteiger charge is -2.23. The minimum atomic E-state index is -4.14. The molecule has 1 heterocycles. The van der Waals surface area contributed by atoms with Crippen LogP contribution in [0.25, 0.3) is 0 Å². The maximum Gasteiger partial charge on any atom is 0.342 e. The molecule has 9 heteroatoms. The van der Waals surface area contributed by atoms with E-state index in [4.69, 9.17) is 4.42 Å². The quantitative estimate of drug-likeness (QED) is 0.716. The highest BCUT2D eigenvalue weighted by molar-refractivity contribution is 7.89. The van der Waals surface area contributed by atoms with Crippen molar-refractivity contribution in [2.75, 3.05) is 13.7 Å². The molecule has 0 aliphatic heterocycles. The van der Waals surface area contributed by atoms with E-state index >= 15 is 0 Å². The Balaban J connectivity index is 3.25. The number of aliphatic carboxylic acids is 1. The normalized spacial score (nSPS) is 14.3. The average Bonchev–Trinajstić information content (AvgIpc) is 2.79. The van der Waals surface area contributed by atoms with E-state index in [2.05, 4.69) is 9.46 Å². The molecule has 0 spiro atoms. The molecule has 0 unspecified atom stereocenters. The van der Waals surface area contributed by atoms with Gasteiger partial charge in [-0.25, -0.2) is 17.9 Å². The molecule has 0 aliphatic carbocycles. The zero-order valence-electron chi connectivity index (χ0n) is 13.7. The molecule has 1 aromatic rings. The third kappa shape index (κ3) is 3.73. The van der Waals surface area contributed by atoms with Crippen LogP contribution in [0.5, 0.6) is 0 Å². The lowest BCUT2D eigenvalue weighted by Crippen LogP contribution is -2.41. The number of aryl methyl sites for hydroxylation is 2. The highest BCUT2D eigenvalue weighted by Gasteiger charge is 2.36. The molecule has 0 fully saturated rings. The lowest BCUT2D eigenvalue weighted by molar-refractivity contribution is -0.147. The minimum absolute atomic E-state index is 0.0314. The standard InChI is InChI=1S/C14H21NO7S/c1-6-14(4,13(17)18)7-15-23(19,20)11-9(3)22-8(2)10(11)12(16)21-5/h15H,6-7H2,1-5H3,(H,17,18)/t14-/m0/s1. The summed E-state index contributed by atoms with van der Waals surface area (Å²) in [7, 11) is -3.01. The van der Waals surface area contributed by atoms with Gasteiger partial charge in [0.2, 0.25) is 10.0 Å². The van der Waals surface area contributed by atoms with Crippen LogP contribution >= 0.6 is 0 Å². The number of carboxylic acids is 1. The van der Waals surface area contributed by atoms with Crippen LogP contribution in [-0.2, 0) is 19.6 Å². The predicted octanol–water partition coefficient (Wildman–Crippen LogP) is 1.46. The Morgan fingerprint density at radius 3 is 2.30 bits per heavy atom. The van der Waals surface area contributed by atoms with Crippen molar-refractivity contribution in [3.05, 3.63) is 17.1 Å². The van der Waals surface area contributed by atoms with Crippen molar-refractivity contribution in [1.29, 1.82) is 0 Å². The summed E-state index contributed by atoms with van der Waals surface area (Å²) >= 11 is 0. The number of sulfonamides is 1. The highest BCUT2D eigenvalue weighted by Crippen LogP contribution is 2.28. The lowest BCUT2D eigenvalue weighted by atomic mass is 9.88. The van der Waals surface area contributed by atoms with E-state index in [-0.39, 0.29) is 34.9 Å². The zero-order chi connectivity index (χ0) is 18.0. The van der Waals surface area contributed by atoms with E-state index in [1.807, 2.05) is 0 Å². The summed E-state index contributed by atoms with van der Waals surface area (Å²) in [5.41, 5.74) is -1.45. The fourth-order valence-electron chi connectivity index (χ4n) is 2.00. The van der Waals surface area contributed by atoms with Gasteiger partial charge in [-0.3, -0.25) is 4.79 Å². The zero-order valence-corrected chi connectivity index (χ0v) is 14.5. The van der Waals surface area contributed by atoms with Crippen molar-refractivity contribution in [3.8, 4) is 0 Å². The molecular formula is C14H21NO7S. The fraction of sp³-hybridized carbons (Fsp3) is 0.571. The van der Waals surface area contributed by atoms with Crippen LogP contribution < -0.4 is 4.72 Å². The van der Waals surface area contributed by atoms with E-state index < -0.39 is 27.4 Å². The number of esters is 1. The number of carboxylic acid groups (broad SMARTS) is 1. The fourth-order valence-corrected chi connectivity index (χ4v) is 3.57. The van der Waals surface area contributed by atoms with Crippen molar-refractivity contribution in [2.45, 2.75) is 39.0 Å². The second-order valence-corrected chi connectivity index (χ2v) is 7.16. The summed E-state index contributed by atoms with van der Waals surface area (Å²) in [6.07, 6.45) is 0.234. The first kappa shape index (κ1) is 19.2. The van der Waals surface area contributed by atoms with Crippen molar-refractivity contribution in [2.24, 2.45) is 5.41 Å². The van der Waals surface area contributed by atoms with Crippen molar-refractivity contribution < 1.29 is 32.3 Å². The monoisotopic (exact) mass is 347 g/mol. The Morgan fingerprint density at radius 1 is 1.30 bits per heavy atom. The molecule has 0 saturated heterocycles. The molecule has 23 heavy (non-hydrogen) atoms. The molecule has 0 aliphatic rings. The number of carbonyl (C=O) groups excluding carboxylic acids is 1. The van der Waals surface area contributed by atoms with Gasteiger partial charge in [0, 0.05) is 6.54 Å². The van der Waals surface area contributed by atoms with Crippen LogP contribution in [0.15, 0.2) is 9.31 Å². The largest absolute Gasteiger partial charge is 0.481 e. The number of ether oxygens (including phenoxy) is 1. The number of hydrogen-bond acceptors (Lipinski definition) is 6. The SMILES string of the molecule is CC[C@@](C)(CNS(=O)(=O)c1c(C)oc(C)c1C(=O)OC)C(=O)O. The van der Waals surface area contributed by atoms with Crippen LogP contribution in [0.2, 0.25) is 0 Å². The van der Waals surface area contributed by atoms with Gasteiger partial charge in [0.15, 0.2) is 0 Å². The van der Waals surface area contributed by atoms with Gasteiger partial charge in [-0.15, -0.1) is 0 Å². The molecule has 1 atom stereocenters. The van der Waals surface area contributed by atoms with Gasteiger partial charge in [0.05, 0.1) is 12.5 Å². The van der Waals surface area contributed by atoms with E-state index in [0.717, 1.165) is 7.11 Å². The first-order chi connectivity index (χ1) is 10.5. The van der Waals surface area contributed by atoms with Gasteiger partial charge in [-0.1, -0.05) is 6.92 Å². The summed E-state index contributed by atoms with van der Waals surface area (Å²) in [5, 5.41) is 9.21. The smallest absolute Gasteiger partial charge is 0.342 e. The molecule has 0 radical (unpaired) electrons. The van der Waals surface area contributed by atoms with Gasteiger partial charge in [0.1, 0.15) is 22.0 Å². The van der Waals surface area contributed by atoms with E-state index in [1.165, 1.54) is 20.8 Å².